The fourth-order valence-corrected chi connectivity index (χ4v) is 3.12. The van der Waals surface area contributed by atoms with Gasteiger partial charge in [0.1, 0.15) is 0 Å². The molecule has 1 fully saturated rings. The number of nitrogens with zero attached hydrogens (tertiary/aromatic N) is 2. The van der Waals surface area contributed by atoms with E-state index < -0.39 is 0 Å². The van der Waals surface area contributed by atoms with Gasteiger partial charge in [-0.15, -0.1) is 0 Å². The van der Waals surface area contributed by atoms with Crippen LogP contribution >= 0.6 is 15.9 Å². The molecule has 0 aliphatic carbocycles. The molecule has 2 aromatic rings. The third-order valence-electron chi connectivity index (χ3n) is 3.85. The SMILES string of the molecule is CC1CC(NC(=O)c2ccn(-c3cccc(Br)c3)n2)CCN1. The number of hydrogen-bond donors (Lipinski definition) is 2. The van der Waals surface area contributed by atoms with Crippen molar-refractivity contribution in [3.05, 3.63) is 46.7 Å². The van der Waals surface area contributed by atoms with E-state index in [1.165, 1.54) is 0 Å². The molecule has 1 aliphatic heterocycles. The molecular weight excluding hydrogens is 344 g/mol. The van der Waals surface area contributed by atoms with Gasteiger partial charge in [-0.2, -0.15) is 5.10 Å². The minimum Gasteiger partial charge on any atom is -0.348 e. The lowest BCUT2D eigenvalue weighted by Crippen LogP contribution is -2.46. The van der Waals surface area contributed by atoms with Crippen molar-refractivity contribution in [1.82, 2.24) is 20.4 Å². The molecular formula is C16H19BrN4O. The maximum Gasteiger partial charge on any atom is 0.272 e. The van der Waals surface area contributed by atoms with Crippen LogP contribution in [0.2, 0.25) is 0 Å². The van der Waals surface area contributed by atoms with Crippen LogP contribution in [0.1, 0.15) is 30.3 Å². The number of aromatic nitrogens is 2. The summed E-state index contributed by atoms with van der Waals surface area (Å²) in [4.78, 5) is 12.3. The zero-order chi connectivity index (χ0) is 15.5. The highest BCUT2D eigenvalue weighted by atomic mass is 79.9. The normalized spacial score (nSPS) is 21.5. The lowest BCUT2D eigenvalue weighted by molar-refractivity contribution is 0.0920. The molecule has 116 valence electrons. The molecule has 2 unspecified atom stereocenters. The molecule has 22 heavy (non-hydrogen) atoms. The first-order chi connectivity index (χ1) is 10.6. The molecule has 1 amide bonds. The monoisotopic (exact) mass is 362 g/mol. The fraction of sp³-hybridized carbons (Fsp3) is 0.375. The molecule has 1 aliphatic rings. The highest BCUT2D eigenvalue weighted by Crippen LogP contribution is 2.15. The predicted octanol–water partition coefficient (Wildman–Crippen LogP) is 2.51. The van der Waals surface area contributed by atoms with E-state index in [2.05, 4.69) is 38.6 Å². The third kappa shape index (κ3) is 3.56. The van der Waals surface area contributed by atoms with E-state index >= 15 is 0 Å². The Balaban J connectivity index is 1.69. The number of amides is 1. The minimum atomic E-state index is -0.104. The quantitative estimate of drug-likeness (QED) is 0.881. The Bertz CT molecular complexity index is 670. The summed E-state index contributed by atoms with van der Waals surface area (Å²) in [5.41, 5.74) is 1.37. The van der Waals surface area contributed by atoms with Crippen LogP contribution in [-0.4, -0.2) is 34.3 Å². The van der Waals surface area contributed by atoms with Crippen molar-refractivity contribution in [2.24, 2.45) is 0 Å². The summed E-state index contributed by atoms with van der Waals surface area (Å²) in [6.07, 6.45) is 3.72. The second kappa shape index (κ2) is 6.62. The van der Waals surface area contributed by atoms with Crippen LogP contribution in [-0.2, 0) is 0 Å². The van der Waals surface area contributed by atoms with Crippen molar-refractivity contribution < 1.29 is 4.79 Å². The van der Waals surface area contributed by atoms with E-state index in [9.17, 15) is 4.79 Å². The number of benzene rings is 1. The molecule has 0 radical (unpaired) electrons. The van der Waals surface area contributed by atoms with Crippen molar-refractivity contribution in [2.75, 3.05) is 6.54 Å². The first-order valence-electron chi connectivity index (χ1n) is 7.47. The fourth-order valence-electron chi connectivity index (χ4n) is 2.73. The van der Waals surface area contributed by atoms with E-state index in [4.69, 9.17) is 0 Å². The molecule has 0 saturated carbocycles. The summed E-state index contributed by atoms with van der Waals surface area (Å²) in [5, 5.41) is 10.8. The Morgan fingerprint density at radius 2 is 2.32 bits per heavy atom. The predicted molar refractivity (Wildman–Crippen MR) is 89.2 cm³/mol. The van der Waals surface area contributed by atoms with E-state index in [0.29, 0.717) is 11.7 Å². The molecule has 2 atom stereocenters. The summed E-state index contributed by atoms with van der Waals surface area (Å²) < 4.78 is 2.69. The molecule has 0 bridgehead atoms. The maximum absolute atomic E-state index is 12.3. The molecule has 3 rings (SSSR count). The molecule has 1 aromatic heterocycles. The second-order valence-electron chi connectivity index (χ2n) is 5.68. The largest absolute Gasteiger partial charge is 0.348 e. The van der Waals surface area contributed by atoms with Gasteiger partial charge >= 0.3 is 0 Å². The molecule has 2 heterocycles. The van der Waals surface area contributed by atoms with Crippen LogP contribution in [0.3, 0.4) is 0 Å². The van der Waals surface area contributed by atoms with E-state index in [0.717, 1.165) is 29.5 Å². The van der Waals surface area contributed by atoms with E-state index in [1.807, 2.05) is 30.5 Å². The number of rotatable bonds is 3. The van der Waals surface area contributed by atoms with Crippen LogP contribution < -0.4 is 10.6 Å². The summed E-state index contributed by atoms with van der Waals surface area (Å²) in [5.74, 6) is -0.104. The molecule has 0 spiro atoms. The van der Waals surface area contributed by atoms with Crippen molar-refractivity contribution in [2.45, 2.75) is 31.8 Å². The average Bonchev–Trinajstić information content (AvgIpc) is 2.97. The number of hydrogen-bond acceptors (Lipinski definition) is 3. The summed E-state index contributed by atoms with van der Waals surface area (Å²) in [7, 11) is 0. The van der Waals surface area contributed by atoms with Gasteiger partial charge in [0.2, 0.25) is 0 Å². The number of carbonyl (C=O) groups is 1. The van der Waals surface area contributed by atoms with Gasteiger partial charge in [-0.25, -0.2) is 4.68 Å². The zero-order valence-corrected chi connectivity index (χ0v) is 14.0. The van der Waals surface area contributed by atoms with Crippen LogP contribution in [0.15, 0.2) is 41.0 Å². The summed E-state index contributed by atoms with van der Waals surface area (Å²) >= 11 is 3.44. The van der Waals surface area contributed by atoms with Crippen LogP contribution in [0.4, 0.5) is 0 Å². The Hall–Kier alpha value is -1.66. The zero-order valence-electron chi connectivity index (χ0n) is 12.4. The first kappa shape index (κ1) is 15.2. The molecule has 5 nitrogen and oxygen atoms in total. The van der Waals surface area contributed by atoms with Gasteiger partial charge < -0.3 is 10.6 Å². The van der Waals surface area contributed by atoms with E-state index in [1.54, 1.807) is 10.7 Å². The number of piperidine rings is 1. The minimum absolute atomic E-state index is 0.104. The summed E-state index contributed by atoms with van der Waals surface area (Å²) in [6, 6.07) is 10.2. The third-order valence-corrected chi connectivity index (χ3v) is 4.35. The Morgan fingerprint density at radius 1 is 1.45 bits per heavy atom. The smallest absolute Gasteiger partial charge is 0.272 e. The van der Waals surface area contributed by atoms with Gasteiger partial charge in [0.05, 0.1) is 5.69 Å². The maximum atomic E-state index is 12.3. The average molecular weight is 363 g/mol. The highest BCUT2D eigenvalue weighted by Gasteiger charge is 2.21. The van der Waals surface area contributed by atoms with Gasteiger partial charge in [0.25, 0.3) is 5.91 Å². The van der Waals surface area contributed by atoms with Gasteiger partial charge in [-0.1, -0.05) is 22.0 Å². The highest BCUT2D eigenvalue weighted by molar-refractivity contribution is 9.10. The second-order valence-corrected chi connectivity index (χ2v) is 6.59. The molecule has 1 aromatic carbocycles. The van der Waals surface area contributed by atoms with Gasteiger partial charge in [0, 0.05) is 22.8 Å². The lowest BCUT2D eigenvalue weighted by atomic mass is 10.0. The topological polar surface area (TPSA) is 59.0 Å². The van der Waals surface area contributed by atoms with Gasteiger partial charge in [0.15, 0.2) is 5.69 Å². The first-order valence-corrected chi connectivity index (χ1v) is 8.27. The van der Waals surface area contributed by atoms with Crippen molar-refractivity contribution in [1.29, 1.82) is 0 Å². The standard InChI is InChI=1S/C16H19BrN4O/c1-11-9-13(5-7-18-11)19-16(22)15-6-8-21(20-15)14-4-2-3-12(17)10-14/h2-4,6,8,10-11,13,18H,5,7,9H2,1H3,(H,19,22). The number of carbonyl (C=O) groups excluding carboxylic acids is 1. The number of halogens is 1. The van der Waals surface area contributed by atoms with E-state index in [-0.39, 0.29) is 11.9 Å². The molecule has 2 N–H and O–H groups in total. The van der Waals surface area contributed by atoms with Gasteiger partial charge in [-0.05, 0) is 50.6 Å². The van der Waals surface area contributed by atoms with Crippen molar-refractivity contribution in [3.8, 4) is 5.69 Å². The molecule has 6 heteroatoms. The van der Waals surface area contributed by atoms with Crippen LogP contribution in [0.25, 0.3) is 5.69 Å². The molecule has 1 saturated heterocycles. The van der Waals surface area contributed by atoms with Gasteiger partial charge in [-0.3, -0.25) is 4.79 Å². The Kier molecular flexibility index (Phi) is 4.59. The number of nitrogens with one attached hydrogen (secondary N) is 2. The lowest BCUT2D eigenvalue weighted by Gasteiger charge is -2.28. The van der Waals surface area contributed by atoms with Crippen LogP contribution in [0, 0.1) is 0 Å². The Morgan fingerprint density at radius 3 is 3.09 bits per heavy atom. The van der Waals surface area contributed by atoms with Crippen molar-refractivity contribution >= 4 is 21.8 Å². The van der Waals surface area contributed by atoms with Crippen molar-refractivity contribution in [3.63, 3.8) is 0 Å². The van der Waals surface area contributed by atoms with Crippen LogP contribution in [0.5, 0.6) is 0 Å². The Labute approximate surface area is 138 Å². The summed E-state index contributed by atoms with van der Waals surface area (Å²) in [6.45, 7) is 3.08.